The van der Waals surface area contributed by atoms with Crippen molar-refractivity contribution in [1.29, 1.82) is 5.26 Å². The van der Waals surface area contributed by atoms with Crippen LogP contribution in [-0.2, 0) is 13.0 Å². The van der Waals surface area contributed by atoms with Crippen molar-refractivity contribution in [3.8, 4) is 6.07 Å². The Labute approximate surface area is 96.7 Å². The first kappa shape index (κ1) is 11.1. The second-order valence-electron chi connectivity index (χ2n) is 4.62. The van der Waals surface area contributed by atoms with Gasteiger partial charge in [-0.25, -0.2) is 0 Å². The third kappa shape index (κ3) is 2.23. The van der Waals surface area contributed by atoms with Crippen LogP contribution in [0.2, 0.25) is 0 Å². The lowest BCUT2D eigenvalue weighted by molar-refractivity contribution is 0.282. The summed E-state index contributed by atoms with van der Waals surface area (Å²) in [5.41, 5.74) is 3.68. The molecule has 1 aliphatic rings. The van der Waals surface area contributed by atoms with E-state index in [4.69, 9.17) is 10.2 Å². The van der Waals surface area contributed by atoms with E-state index in [0.717, 1.165) is 19.5 Å². The van der Waals surface area contributed by atoms with Gasteiger partial charge in [0.05, 0.1) is 12.6 Å². The molecule has 0 bridgehead atoms. The van der Waals surface area contributed by atoms with Crippen LogP contribution in [0.5, 0.6) is 0 Å². The van der Waals surface area contributed by atoms with E-state index in [-0.39, 0.29) is 0 Å². The molecule has 84 valence electrons. The number of nitriles is 1. The normalized spacial score (nSPS) is 15.9. The van der Waals surface area contributed by atoms with E-state index in [1.807, 2.05) is 0 Å². The molecule has 0 atom stereocenters. The molecule has 2 heterocycles. The average molecular weight is 215 g/mol. The molecule has 0 aliphatic carbocycles. The zero-order valence-electron chi connectivity index (χ0n) is 9.90. The van der Waals surface area contributed by atoms with Gasteiger partial charge in [-0.15, -0.1) is 0 Å². The first-order valence-corrected chi connectivity index (χ1v) is 5.78. The van der Waals surface area contributed by atoms with Crippen LogP contribution < -0.4 is 0 Å². The van der Waals surface area contributed by atoms with Crippen molar-refractivity contribution in [3.63, 3.8) is 0 Å². The topological polar surface area (TPSA) is 39.9 Å². The van der Waals surface area contributed by atoms with E-state index >= 15 is 0 Å². The third-order valence-electron chi connectivity index (χ3n) is 3.03. The summed E-state index contributed by atoms with van der Waals surface area (Å²) < 4.78 is 0. The van der Waals surface area contributed by atoms with Crippen LogP contribution in [-0.4, -0.2) is 23.0 Å². The van der Waals surface area contributed by atoms with E-state index < -0.39 is 0 Å². The Morgan fingerprint density at radius 3 is 3.00 bits per heavy atom. The van der Waals surface area contributed by atoms with Gasteiger partial charge < -0.3 is 0 Å². The summed E-state index contributed by atoms with van der Waals surface area (Å²) >= 11 is 0. The van der Waals surface area contributed by atoms with Crippen LogP contribution in [0, 0.1) is 11.3 Å². The Hall–Kier alpha value is -1.40. The number of hydrogen-bond acceptors (Lipinski definition) is 3. The number of hydrogen-bond donors (Lipinski definition) is 0. The predicted molar refractivity (Wildman–Crippen MR) is 62.9 cm³/mol. The van der Waals surface area contributed by atoms with Gasteiger partial charge in [-0.05, 0) is 17.5 Å². The molecule has 0 saturated heterocycles. The standard InChI is InChI=1S/C13H17N3/c1-10(2)12-4-3-11-9-16(8-6-14)7-5-13(11)15-12/h3-4,10H,5,7-9H2,1-2H3. The smallest absolute Gasteiger partial charge is 0.0868 e. The van der Waals surface area contributed by atoms with Gasteiger partial charge in [-0.3, -0.25) is 9.88 Å². The number of aromatic nitrogens is 1. The molecule has 0 unspecified atom stereocenters. The van der Waals surface area contributed by atoms with Crippen molar-refractivity contribution in [2.75, 3.05) is 13.1 Å². The quantitative estimate of drug-likeness (QED) is 0.709. The maximum atomic E-state index is 8.68. The molecule has 0 saturated carbocycles. The highest BCUT2D eigenvalue weighted by Gasteiger charge is 2.17. The highest BCUT2D eigenvalue weighted by molar-refractivity contribution is 5.26. The summed E-state index contributed by atoms with van der Waals surface area (Å²) in [7, 11) is 0. The summed E-state index contributed by atoms with van der Waals surface area (Å²) in [5, 5.41) is 8.68. The Morgan fingerprint density at radius 2 is 2.31 bits per heavy atom. The van der Waals surface area contributed by atoms with Crippen molar-refractivity contribution >= 4 is 0 Å². The van der Waals surface area contributed by atoms with E-state index in [0.29, 0.717) is 12.5 Å². The fourth-order valence-electron chi connectivity index (χ4n) is 2.05. The van der Waals surface area contributed by atoms with Crippen LogP contribution in [0.25, 0.3) is 0 Å². The average Bonchev–Trinajstić information content (AvgIpc) is 2.28. The molecule has 0 spiro atoms. The lowest BCUT2D eigenvalue weighted by atomic mass is 10.0. The maximum absolute atomic E-state index is 8.68. The van der Waals surface area contributed by atoms with Crippen molar-refractivity contribution in [2.24, 2.45) is 0 Å². The lowest BCUT2D eigenvalue weighted by Gasteiger charge is -2.26. The minimum atomic E-state index is 0.488. The Bertz CT molecular complexity index is 418. The van der Waals surface area contributed by atoms with Gasteiger partial charge in [0.15, 0.2) is 0 Å². The van der Waals surface area contributed by atoms with Crippen LogP contribution in [0.15, 0.2) is 12.1 Å². The second kappa shape index (κ2) is 4.63. The zero-order valence-corrected chi connectivity index (χ0v) is 9.90. The summed E-state index contributed by atoms with van der Waals surface area (Å²) in [6.45, 7) is 6.67. The van der Waals surface area contributed by atoms with Gasteiger partial charge in [-0.1, -0.05) is 19.9 Å². The Morgan fingerprint density at radius 1 is 1.50 bits per heavy atom. The van der Waals surface area contributed by atoms with Crippen molar-refractivity contribution < 1.29 is 0 Å². The Balaban J connectivity index is 2.19. The Kier molecular flexibility index (Phi) is 3.21. The van der Waals surface area contributed by atoms with Crippen LogP contribution >= 0.6 is 0 Å². The molecular weight excluding hydrogens is 198 g/mol. The number of rotatable bonds is 2. The van der Waals surface area contributed by atoms with Gasteiger partial charge in [0.25, 0.3) is 0 Å². The minimum absolute atomic E-state index is 0.488. The number of fused-ring (bicyclic) bond motifs is 1. The molecule has 0 amide bonds. The molecule has 0 aromatic carbocycles. The van der Waals surface area contributed by atoms with Crippen LogP contribution in [0.1, 0.15) is 36.7 Å². The highest BCUT2D eigenvalue weighted by Crippen LogP contribution is 2.20. The third-order valence-corrected chi connectivity index (χ3v) is 3.03. The zero-order chi connectivity index (χ0) is 11.5. The fraction of sp³-hybridized carbons (Fsp3) is 0.538. The first-order valence-electron chi connectivity index (χ1n) is 5.78. The largest absolute Gasteiger partial charge is 0.286 e. The van der Waals surface area contributed by atoms with Gasteiger partial charge >= 0.3 is 0 Å². The predicted octanol–water partition coefficient (Wildman–Crippen LogP) is 2.09. The molecule has 0 radical (unpaired) electrons. The lowest BCUT2D eigenvalue weighted by Crippen LogP contribution is -2.31. The summed E-state index contributed by atoms with van der Waals surface area (Å²) in [6.07, 6.45) is 0.970. The molecule has 16 heavy (non-hydrogen) atoms. The first-order chi connectivity index (χ1) is 7.70. The molecule has 0 N–H and O–H groups in total. The van der Waals surface area contributed by atoms with Crippen LogP contribution in [0.4, 0.5) is 0 Å². The summed E-state index contributed by atoms with van der Waals surface area (Å²) in [5.74, 6) is 0.488. The molecule has 1 aliphatic heterocycles. The second-order valence-corrected chi connectivity index (χ2v) is 4.62. The fourth-order valence-corrected chi connectivity index (χ4v) is 2.05. The maximum Gasteiger partial charge on any atom is 0.0868 e. The van der Waals surface area contributed by atoms with Crippen LogP contribution in [0.3, 0.4) is 0 Å². The summed E-state index contributed by atoms with van der Waals surface area (Å²) in [6, 6.07) is 6.48. The van der Waals surface area contributed by atoms with Gasteiger partial charge in [0.1, 0.15) is 0 Å². The van der Waals surface area contributed by atoms with E-state index in [9.17, 15) is 0 Å². The van der Waals surface area contributed by atoms with Crippen molar-refractivity contribution in [3.05, 3.63) is 29.1 Å². The highest BCUT2D eigenvalue weighted by atomic mass is 15.1. The van der Waals surface area contributed by atoms with E-state index in [1.54, 1.807) is 0 Å². The van der Waals surface area contributed by atoms with Gasteiger partial charge in [0, 0.05) is 30.9 Å². The van der Waals surface area contributed by atoms with E-state index in [2.05, 4.69) is 36.9 Å². The monoisotopic (exact) mass is 215 g/mol. The molecule has 0 fully saturated rings. The van der Waals surface area contributed by atoms with Crippen molar-refractivity contribution in [2.45, 2.75) is 32.7 Å². The molecule has 1 aromatic rings. The van der Waals surface area contributed by atoms with Gasteiger partial charge in [-0.2, -0.15) is 5.26 Å². The molecule has 3 nitrogen and oxygen atoms in total. The molecule has 1 aromatic heterocycles. The van der Waals surface area contributed by atoms with E-state index in [1.165, 1.54) is 17.0 Å². The molecular formula is C13H17N3. The molecule has 2 rings (SSSR count). The SMILES string of the molecule is CC(C)c1ccc2c(n1)CCN(CC#N)C2. The minimum Gasteiger partial charge on any atom is -0.286 e. The summed E-state index contributed by atoms with van der Waals surface area (Å²) in [4.78, 5) is 6.86. The number of pyridine rings is 1. The molecule has 3 heteroatoms. The number of nitrogens with zero attached hydrogens (tertiary/aromatic N) is 3. The van der Waals surface area contributed by atoms with Crippen molar-refractivity contribution in [1.82, 2.24) is 9.88 Å². The van der Waals surface area contributed by atoms with Gasteiger partial charge in [0.2, 0.25) is 0 Å².